The first-order chi connectivity index (χ1) is 7.31. The fourth-order valence-electron chi connectivity index (χ4n) is 1.31. The van der Waals surface area contributed by atoms with E-state index in [1.165, 1.54) is 0 Å². The van der Waals surface area contributed by atoms with Crippen LogP contribution in [0.4, 0.5) is 0 Å². The maximum atomic E-state index is 10.1. The number of hydrogen-bond donors (Lipinski definition) is 2. The van der Waals surface area contributed by atoms with Gasteiger partial charge in [-0.3, -0.25) is 0 Å². The Morgan fingerprint density at radius 2 is 1.88 bits per heavy atom. The predicted molar refractivity (Wildman–Crippen MR) is 96.6 cm³/mol. The minimum absolute atomic E-state index is 0.0498. The van der Waals surface area contributed by atoms with Crippen molar-refractivity contribution >= 4 is 58.6 Å². The summed E-state index contributed by atoms with van der Waals surface area (Å²) in [5, 5.41) is 10.1. The van der Waals surface area contributed by atoms with Crippen molar-refractivity contribution in [1.82, 2.24) is 4.44 Å². The minimum Gasteiger partial charge on any atom is -0.391 e. The third kappa shape index (κ3) is 6.88. The molecule has 10 heteroatoms. The number of hydrogen-bond acceptors (Lipinski definition) is 3. The van der Waals surface area contributed by atoms with Crippen molar-refractivity contribution in [2.45, 2.75) is 38.5 Å². The Morgan fingerprint density at radius 1 is 1.38 bits per heavy atom. The molecule has 0 heterocycles. The first-order valence-electron chi connectivity index (χ1n) is 4.84. The first-order valence-corrected chi connectivity index (χ1v) is 15.9. The van der Waals surface area contributed by atoms with Gasteiger partial charge in [0.25, 0.3) is 0 Å². The van der Waals surface area contributed by atoms with E-state index in [2.05, 4.69) is 47.1 Å². The van der Waals surface area contributed by atoms with Crippen LogP contribution in [0.1, 0.15) is 20.3 Å². The van der Waals surface area contributed by atoms with Gasteiger partial charge in [0.1, 0.15) is 0 Å². The third-order valence-corrected chi connectivity index (χ3v) is 17.6. The zero-order chi connectivity index (χ0) is 12.9. The summed E-state index contributed by atoms with van der Waals surface area (Å²) >= 11 is 0. The summed E-state index contributed by atoms with van der Waals surface area (Å²) in [4.78, 5) is 0. The molecule has 0 aromatic carbocycles. The van der Waals surface area contributed by atoms with Gasteiger partial charge in [-0.25, -0.2) is 4.44 Å². The van der Waals surface area contributed by atoms with Crippen LogP contribution in [-0.4, -0.2) is 27.7 Å². The molecule has 0 aliphatic heterocycles. The molecule has 0 aliphatic carbocycles. The van der Waals surface area contributed by atoms with Crippen molar-refractivity contribution in [2.75, 3.05) is 0 Å². The molecule has 9 unspecified atom stereocenters. The molecule has 98 valence electrons. The maximum Gasteiger partial charge on any atom is 0.0714 e. The van der Waals surface area contributed by atoms with Crippen LogP contribution in [0.5, 0.6) is 0 Å². The second-order valence-electron chi connectivity index (χ2n) is 3.70. The summed E-state index contributed by atoms with van der Waals surface area (Å²) in [6.07, 6.45) is 0.308. The molecular weight excluding hydrogens is 333 g/mol. The van der Waals surface area contributed by atoms with E-state index >= 15 is 0 Å². The summed E-state index contributed by atoms with van der Waals surface area (Å²) in [6, 6.07) is 0.206. The van der Waals surface area contributed by atoms with Gasteiger partial charge in [-0.1, -0.05) is 34.7 Å². The summed E-state index contributed by atoms with van der Waals surface area (Å²) in [6.45, 7) is 4.02. The van der Waals surface area contributed by atoms with E-state index in [0.717, 1.165) is 7.96 Å². The molecule has 0 spiro atoms. The standard InChI is InChI=1S/C6H23N2OP7/c1-4(7)3-6(9)5(2)8(15(11)12)16(13)14-10/h4-6,9,14H,3,7,10-13H2,1-2H3. The molecule has 0 radical (unpaired) electrons. The van der Waals surface area contributed by atoms with Crippen molar-refractivity contribution in [3.8, 4) is 0 Å². The lowest BCUT2D eigenvalue weighted by Gasteiger charge is -2.38. The van der Waals surface area contributed by atoms with Crippen LogP contribution in [-0.2, 0) is 0 Å². The normalized spacial score (nSPS) is 20.6. The molecule has 0 rings (SSSR count). The fraction of sp³-hybridized carbons (Fsp3) is 1.00. The van der Waals surface area contributed by atoms with Gasteiger partial charge < -0.3 is 10.8 Å². The topological polar surface area (TPSA) is 49.5 Å². The van der Waals surface area contributed by atoms with Crippen LogP contribution in [0.3, 0.4) is 0 Å². The average molecular weight is 356 g/mol. The van der Waals surface area contributed by atoms with Gasteiger partial charge in [0.15, 0.2) is 0 Å². The van der Waals surface area contributed by atoms with Crippen LogP contribution in [0.15, 0.2) is 0 Å². The van der Waals surface area contributed by atoms with Crippen LogP contribution < -0.4 is 5.73 Å². The van der Waals surface area contributed by atoms with Gasteiger partial charge in [-0.2, -0.15) is 0 Å². The SMILES string of the molecule is CC(N)CC(O)C(C)N(P(P)P)P(P)PP. The number of nitrogens with two attached hydrogens (primary N) is 1. The van der Waals surface area contributed by atoms with Crippen LogP contribution in [0.2, 0.25) is 0 Å². The third-order valence-electron chi connectivity index (χ3n) is 2.12. The van der Waals surface area contributed by atoms with E-state index in [1.54, 1.807) is 0 Å². The van der Waals surface area contributed by atoms with Crippen molar-refractivity contribution in [1.29, 1.82) is 0 Å². The first kappa shape index (κ1) is 18.9. The zero-order valence-electron chi connectivity index (χ0n) is 9.61. The molecular formula is C6H23N2OP7. The Morgan fingerprint density at radius 3 is 2.19 bits per heavy atom. The van der Waals surface area contributed by atoms with Gasteiger partial charge in [0.2, 0.25) is 0 Å². The Balaban J connectivity index is 4.54. The highest BCUT2D eigenvalue weighted by molar-refractivity contribution is 8.62. The molecule has 9 atom stereocenters. The molecule has 0 amide bonds. The average Bonchev–Trinajstić information content (AvgIpc) is 2.15. The van der Waals surface area contributed by atoms with Gasteiger partial charge in [0, 0.05) is 27.0 Å². The van der Waals surface area contributed by atoms with Gasteiger partial charge >= 0.3 is 0 Å². The molecule has 3 N–H and O–H groups in total. The highest BCUT2D eigenvalue weighted by Crippen LogP contribution is 2.78. The molecule has 0 saturated heterocycles. The van der Waals surface area contributed by atoms with E-state index in [4.69, 9.17) is 5.73 Å². The molecule has 3 nitrogen and oxygen atoms in total. The molecule has 16 heavy (non-hydrogen) atoms. The summed E-state index contributed by atoms with van der Waals surface area (Å²) in [7, 11) is 11.6. The lowest BCUT2D eigenvalue weighted by molar-refractivity contribution is 0.112. The second kappa shape index (κ2) is 9.74. The fourth-order valence-corrected chi connectivity index (χ4v) is 16.7. The minimum atomic E-state index is -0.349. The molecule has 0 bridgehead atoms. The largest absolute Gasteiger partial charge is 0.391 e. The quantitative estimate of drug-likeness (QED) is 0.688. The molecule has 0 aromatic heterocycles. The summed E-state index contributed by atoms with van der Waals surface area (Å²) in [5.41, 5.74) is 5.73. The summed E-state index contributed by atoms with van der Waals surface area (Å²) in [5.74, 6) is 0. The van der Waals surface area contributed by atoms with Gasteiger partial charge in [-0.05, 0) is 20.3 Å². The summed E-state index contributed by atoms with van der Waals surface area (Å²) < 4.78 is 2.39. The Bertz CT molecular complexity index is 196. The lowest BCUT2D eigenvalue weighted by Crippen LogP contribution is -2.36. The highest BCUT2D eigenvalue weighted by atomic mass is 32.6. The Labute approximate surface area is 112 Å². The van der Waals surface area contributed by atoms with E-state index in [9.17, 15) is 5.11 Å². The Kier molecular flexibility index (Phi) is 11.5. The highest BCUT2D eigenvalue weighted by Gasteiger charge is 2.28. The Hall–Kier alpha value is 2.89. The van der Waals surface area contributed by atoms with E-state index in [1.807, 2.05) is 6.92 Å². The number of nitrogens with zero attached hydrogens (tertiary/aromatic N) is 1. The van der Waals surface area contributed by atoms with E-state index in [0.29, 0.717) is 6.42 Å². The van der Waals surface area contributed by atoms with Crippen molar-refractivity contribution < 1.29 is 5.11 Å². The second-order valence-corrected chi connectivity index (χ2v) is 19.0. The van der Waals surface area contributed by atoms with E-state index < -0.39 is 0 Å². The molecule has 0 aliphatic rings. The maximum absolute atomic E-state index is 10.1. The van der Waals surface area contributed by atoms with Crippen LogP contribution in [0.25, 0.3) is 0 Å². The lowest BCUT2D eigenvalue weighted by atomic mass is 10.1. The number of rotatable bonds is 7. The molecule has 0 fully saturated rings. The molecule has 0 saturated carbocycles. The zero-order valence-corrected chi connectivity index (χ0v) is 17.0. The number of aliphatic hydroxyl groups excluding tert-OH is 1. The monoisotopic (exact) mass is 356 g/mol. The van der Waals surface area contributed by atoms with Crippen molar-refractivity contribution in [3.63, 3.8) is 0 Å². The van der Waals surface area contributed by atoms with Crippen molar-refractivity contribution in [2.24, 2.45) is 5.73 Å². The molecule has 0 aromatic rings. The predicted octanol–water partition coefficient (Wildman–Crippen LogP) is 3.32. The van der Waals surface area contributed by atoms with Crippen LogP contribution >= 0.6 is 58.6 Å². The smallest absolute Gasteiger partial charge is 0.0714 e. The number of aliphatic hydroxyl groups is 1. The van der Waals surface area contributed by atoms with Gasteiger partial charge in [-0.15, -0.1) is 8.93 Å². The van der Waals surface area contributed by atoms with E-state index in [-0.39, 0.29) is 33.1 Å². The van der Waals surface area contributed by atoms with Gasteiger partial charge in [0.05, 0.1) is 6.10 Å². The van der Waals surface area contributed by atoms with Crippen LogP contribution in [0, 0.1) is 0 Å². The van der Waals surface area contributed by atoms with Crippen molar-refractivity contribution in [3.05, 3.63) is 0 Å².